The molecule has 0 unspecified atom stereocenters. The molecule has 2 aliphatic heterocycles. The molecular formula is C26H40O7. The molecule has 0 saturated carbocycles. The smallest absolute Gasteiger partial charge is 0.221 e. The van der Waals surface area contributed by atoms with E-state index in [1.807, 2.05) is 37.3 Å². The minimum Gasteiger partial charge on any atom is -0.346 e. The Labute approximate surface area is 198 Å². The number of ether oxygens (including phenoxy) is 6. The predicted molar refractivity (Wildman–Crippen MR) is 123 cm³/mol. The van der Waals surface area contributed by atoms with Crippen LogP contribution >= 0.6 is 0 Å². The van der Waals surface area contributed by atoms with Crippen molar-refractivity contribution in [1.29, 1.82) is 0 Å². The quantitative estimate of drug-likeness (QED) is 0.478. The average molecular weight is 465 g/mol. The third kappa shape index (κ3) is 6.62. The average Bonchev–Trinajstić information content (AvgIpc) is 2.75. The summed E-state index contributed by atoms with van der Waals surface area (Å²) in [6, 6.07) is 9.80. The number of hydrogen-bond donors (Lipinski definition) is 0. The molecule has 5 atom stereocenters. The standard InChI is InChI=1S/C26H40O7/c1-18(2)12-14-30-25(5)26(6,31-15-13-19(3)4)33-23-22(32-25)21(27)17-29-24(23)28-16-20-10-8-7-9-11-20/h7-11,18-19,22-24H,12-17H2,1-6H3/t22-,23+,24-,25+,26+/m0/s1. The highest BCUT2D eigenvalue weighted by Crippen LogP contribution is 2.43. The zero-order valence-corrected chi connectivity index (χ0v) is 20.9. The minimum atomic E-state index is -1.25. The fourth-order valence-electron chi connectivity index (χ4n) is 3.84. The van der Waals surface area contributed by atoms with Crippen LogP contribution in [0.3, 0.4) is 0 Å². The van der Waals surface area contributed by atoms with E-state index in [-0.39, 0.29) is 12.4 Å². The molecular weight excluding hydrogens is 424 g/mol. The highest BCUT2D eigenvalue weighted by atomic mass is 16.8. The Morgan fingerprint density at radius 1 is 0.939 bits per heavy atom. The van der Waals surface area contributed by atoms with Crippen molar-refractivity contribution in [3.8, 4) is 0 Å². The fourth-order valence-corrected chi connectivity index (χ4v) is 3.84. The summed E-state index contributed by atoms with van der Waals surface area (Å²) in [5, 5.41) is 0. The first kappa shape index (κ1) is 26.3. The second-order valence-electron chi connectivity index (χ2n) is 10.0. The van der Waals surface area contributed by atoms with Crippen molar-refractivity contribution in [3.05, 3.63) is 35.9 Å². The Morgan fingerprint density at radius 3 is 2.09 bits per heavy atom. The van der Waals surface area contributed by atoms with Crippen LogP contribution in [-0.4, -0.2) is 55.7 Å². The Morgan fingerprint density at radius 2 is 1.52 bits per heavy atom. The molecule has 2 fully saturated rings. The molecule has 2 saturated heterocycles. The second kappa shape index (κ2) is 11.4. The SMILES string of the molecule is CC(C)CCO[C@]1(C)O[C@H]2[C@@H](OCc3ccccc3)OCC(=O)[C@@H]2O[C@@]1(C)OCCC(C)C. The van der Waals surface area contributed by atoms with Crippen molar-refractivity contribution in [2.75, 3.05) is 19.8 Å². The number of Topliss-reactive ketones (excluding diaryl/α,β-unsaturated/α-hetero) is 1. The van der Waals surface area contributed by atoms with Crippen LogP contribution < -0.4 is 0 Å². The number of rotatable bonds is 11. The van der Waals surface area contributed by atoms with Gasteiger partial charge in [0.1, 0.15) is 12.7 Å². The Hall–Kier alpha value is -1.35. The summed E-state index contributed by atoms with van der Waals surface area (Å²) >= 11 is 0. The van der Waals surface area contributed by atoms with E-state index in [1.54, 1.807) is 6.92 Å². The lowest BCUT2D eigenvalue weighted by Crippen LogP contribution is -2.71. The molecule has 0 aliphatic carbocycles. The summed E-state index contributed by atoms with van der Waals surface area (Å²) in [6.45, 7) is 13.3. The predicted octanol–water partition coefficient (Wildman–Crippen LogP) is 4.47. The Kier molecular flexibility index (Phi) is 9.06. The topological polar surface area (TPSA) is 72.5 Å². The van der Waals surface area contributed by atoms with Crippen molar-refractivity contribution in [3.63, 3.8) is 0 Å². The first-order valence-electron chi connectivity index (χ1n) is 12.1. The number of ketones is 1. The lowest BCUT2D eigenvalue weighted by molar-refractivity contribution is -0.470. The normalized spacial score (nSPS) is 32.4. The number of benzene rings is 1. The van der Waals surface area contributed by atoms with Crippen LogP contribution in [0, 0.1) is 11.8 Å². The molecule has 0 radical (unpaired) electrons. The maximum atomic E-state index is 12.8. The van der Waals surface area contributed by atoms with Gasteiger partial charge in [0.15, 0.2) is 18.2 Å². The van der Waals surface area contributed by atoms with Crippen LogP contribution in [0.4, 0.5) is 0 Å². The van der Waals surface area contributed by atoms with Gasteiger partial charge in [0.25, 0.3) is 0 Å². The molecule has 1 aromatic carbocycles. The molecule has 2 heterocycles. The summed E-state index contributed by atoms with van der Waals surface area (Å²) in [5.74, 6) is -1.74. The molecule has 7 heteroatoms. The molecule has 0 N–H and O–H groups in total. The van der Waals surface area contributed by atoms with Crippen LogP contribution in [0.5, 0.6) is 0 Å². The number of fused-ring (bicyclic) bond motifs is 1. The molecule has 2 aliphatic rings. The van der Waals surface area contributed by atoms with Gasteiger partial charge in [0.05, 0.1) is 19.8 Å². The lowest BCUT2D eigenvalue weighted by Gasteiger charge is -2.54. The van der Waals surface area contributed by atoms with Crippen LogP contribution in [0.25, 0.3) is 0 Å². The number of carbonyl (C=O) groups is 1. The van der Waals surface area contributed by atoms with Crippen LogP contribution in [0.1, 0.15) is 59.9 Å². The van der Waals surface area contributed by atoms with E-state index in [4.69, 9.17) is 28.4 Å². The molecule has 3 rings (SSSR count). The molecule has 0 aromatic heterocycles. The Balaban J connectivity index is 1.78. The number of carbonyl (C=O) groups excluding carboxylic acids is 1. The summed E-state index contributed by atoms with van der Waals surface area (Å²) in [6.07, 6.45) is -0.666. The van der Waals surface area contributed by atoms with E-state index in [0.29, 0.717) is 31.7 Å². The molecule has 0 bridgehead atoms. The van der Waals surface area contributed by atoms with E-state index in [0.717, 1.165) is 18.4 Å². The first-order chi connectivity index (χ1) is 15.6. The summed E-state index contributed by atoms with van der Waals surface area (Å²) in [4.78, 5) is 12.8. The van der Waals surface area contributed by atoms with E-state index < -0.39 is 30.1 Å². The van der Waals surface area contributed by atoms with Gasteiger partial charge in [0, 0.05) is 0 Å². The summed E-state index contributed by atoms with van der Waals surface area (Å²) in [7, 11) is 0. The van der Waals surface area contributed by atoms with Gasteiger partial charge in [-0.25, -0.2) is 0 Å². The molecule has 1 aromatic rings. The maximum absolute atomic E-state index is 12.8. The first-order valence-corrected chi connectivity index (χ1v) is 12.1. The largest absolute Gasteiger partial charge is 0.346 e. The van der Waals surface area contributed by atoms with Gasteiger partial charge in [0.2, 0.25) is 11.6 Å². The van der Waals surface area contributed by atoms with Gasteiger partial charge in [-0.3, -0.25) is 4.79 Å². The summed E-state index contributed by atoms with van der Waals surface area (Å²) < 4.78 is 37.0. The molecule has 33 heavy (non-hydrogen) atoms. The van der Waals surface area contributed by atoms with Gasteiger partial charge in [-0.2, -0.15) is 0 Å². The Bertz CT molecular complexity index is 752. The second-order valence-corrected chi connectivity index (χ2v) is 10.0. The molecule has 0 spiro atoms. The van der Waals surface area contributed by atoms with Gasteiger partial charge in [-0.1, -0.05) is 58.0 Å². The van der Waals surface area contributed by atoms with Crippen molar-refractivity contribution >= 4 is 5.78 Å². The van der Waals surface area contributed by atoms with Gasteiger partial charge in [-0.05, 0) is 44.1 Å². The van der Waals surface area contributed by atoms with Crippen LogP contribution in [-0.2, 0) is 39.8 Å². The fraction of sp³-hybridized carbons (Fsp3) is 0.731. The van der Waals surface area contributed by atoms with Crippen molar-refractivity contribution in [2.24, 2.45) is 11.8 Å². The van der Waals surface area contributed by atoms with Crippen molar-refractivity contribution < 1.29 is 33.2 Å². The van der Waals surface area contributed by atoms with E-state index >= 15 is 0 Å². The third-order valence-corrected chi connectivity index (χ3v) is 6.21. The molecule has 0 amide bonds. The highest BCUT2D eigenvalue weighted by Gasteiger charge is 2.61. The zero-order chi connectivity index (χ0) is 24.1. The van der Waals surface area contributed by atoms with Crippen LogP contribution in [0.2, 0.25) is 0 Å². The summed E-state index contributed by atoms with van der Waals surface area (Å²) in [5.41, 5.74) is 1.00. The van der Waals surface area contributed by atoms with Gasteiger partial charge < -0.3 is 28.4 Å². The van der Waals surface area contributed by atoms with E-state index in [2.05, 4.69) is 27.7 Å². The van der Waals surface area contributed by atoms with E-state index in [9.17, 15) is 4.79 Å². The zero-order valence-electron chi connectivity index (χ0n) is 20.9. The van der Waals surface area contributed by atoms with Crippen molar-refractivity contribution in [2.45, 2.75) is 91.1 Å². The monoisotopic (exact) mass is 464 g/mol. The van der Waals surface area contributed by atoms with Gasteiger partial charge in [-0.15, -0.1) is 0 Å². The maximum Gasteiger partial charge on any atom is 0.221 e. The van der Waals surface area contributed by atoms with E-state index in [1.165, 1.54) is 0 Å². The lowest BCUT2D eigenvalue weighted by atomic mass is 9.98. The van der Waals surface area contributed by atoms with Crippen molar-refractivity contribution in [1.82, 2.24) is 0 Å². The molecule has 7 nitrogen and oxygen atoms in total. The van der Waals surface area contributed by atoms with Crippen LogP contribution in [0.15, 0.2) is 30.3 Å². The highest BCUT2D eigenvalue weighted by molar-refractivity contribution is 5.85. The molecule has 186 valence electrons. The third-order valence-electron chi connectivity index (χ3n) is 6.21. The number of hydrogen-bond acceptors (Lipinski definition) is 7. The minimum absolute atomic E-state index is 0.100. The van der Waals surface area contributed by atoms with Gasteiger partial charge >= 0.3 is 0 Å².